The van der Waals surface area contributed by atoms with E-state index in [0.29, 0.717) is 21.6 Å². The van der Waals surface area contributed by atoms with Crippen molar-refractivity contribution in [2.45, 2.75) is 16.7 Å². The maximum atomic E-state index is 14.7. The number of fused-ring (bicyclic) bond motifs is 3. The Kier molecular flexibility index (Phi) is 4.28. The second kappa shape index (κ2) is 6.88. The number of carbonyl (C=O) groups excluding carboxylic acids is 1. The minimum absolute atomic E-state index is 0.00931. The number of halogens is 2. The molecule has 0 fully saturated rings. The molecule has 0 spiro atoms. The quantitative estimate of drug-likeness (QED) is 0.625. The second-order valence-corrected chi connectivity index (χ2v) is 7.97. The Balaban J connectivity index is 1.80. The first-order valence-corrected chi connectivity index (χ1v) is 10.1. The predicted molar refractivity (Wildman–Crippen MR) is 107 cm³/mol. The lowest BCUT2D eigenvalue weighted by atomic mass is 9.94. The van der Waals surface area contributed by atoms with Crippen LogP contribution in [0.5, 0.6) is 5.75 Å². The molecule has 0 bridgehead atoms. The zero-order valence-electron chi connectivity index (χ0n) is 15.4. The van der Waals surface area contributed by atoms with Crippen molar-refractivity contribution >= 4 is 17.7 Å². The summed E-state index contributed by atoms with van der Waals surface area (Å²) >= 11 is 1.21. The monoisotopic (exact) mass is 427 g/mol. The average molecular weight is 427 g/mol. The van der Waals surface area contributed by atoms with Crippen molar-refractivity contribution in [2.75, 3.05) is 11.7 Å². The van der Waals surface area contributed by atoms with E-state index in [4.69, 9.17) is 0 Å². The van der Waals surface area contributed by atoms with Gasteiger partial charge in [0.05, 0.1) is 6.04 Å². The minimum Gasteiger partial charge on any atom is -0.502 e. The van der Waals surface area contributed by atoms with Gasteiger partial charge in [-0.15, -0.1) is 11.8 Å². The molecule has 9 heteroatoms. The fourth-order valence-electron chi connectivity index (χ4n) is 3.98. The third kappa shape index (κ3) is 2.69. The number of nitrogens with one attached hydrogen (secondary N) is 1. The van der Waals surface area contributed by atoms with Gasteiger partial charge in [0.2, 0.25) is 5.43 Å². The summed E-state index contributed by atoms with van der Waals surface area (Å²) in [4.78, 5) is 24.7. The third-order valence-corrected chi connectivity index (χ3v) is 6.50. The Bertz CT molecular complexity index is 1210. The lowest BCUT2D eigenvalue weighted by Gasteiger charge is -2.40. The highest BCUT2D eigenvalue weighted by molar-refractivity contribution is 7.98. The molecule has 152 valence electrons. The summed E-state index contributed by atoms with van der Waals surface area (Å²) < 4.78 is 30.8. The van der Waals surface area contributed by atoms with Crippen LogP contribution in [-0.4, -0.2) is 22.4 Å². The molecule has 3 heterocycles. The van der Waals surface area contributed by atoms with Crippen LogP contribution in [0.1, 0.15) is 33.2 Å². The first-order chi connectivity index (χ1) is 14.5. The Morgan fingerprint density at radius 3 is 2.57 bits per heavy atom. The number of benzene rings is 2. The molecule has 2 aromatic carbocycles. The third-order valence-electron chi connectivity index (χ3n) is 5.35. The summed E-state index contributed by atoms with van der Waals surface area (Å²) in [6, 6.07) is 9.88. The molecule has 2 aliphatic rings. The Labute approximate surface area is 173 Å². The molecule has 2 aliphatic heterocycles. The van der Waals surface area contributed by atoms with Crippen LogP contribution in [0.2, 0.25) is 0 Å². The van der Waals surface area contributed by atoms with Gasteiger partial charge in [-0.3, -0.25) is 19.3 Å². The molecule has 5 rings (SSSR count). The molecule has 0 saturated carbocycles. The lowest BCUT2D eigenvalue weighted by molar-refractivity contribution is 0.0915. The molecule has 2 N–H and O–H groups in total. The Hall–Kier alpha value is -3.33. The molecular weight excluding hydrogens is 412 g/mol. The van der Waals surface area contributed by atoms with Crippen LogP contribution in [0.15, 0.2) is 58.4 Å². The van der Waals surface area contributed by atoms with Gasteiger partial charge in [-0.2, -0.15) is 0 Å². The van der Waals surface area contributed by atoms with Gasteiger partial charge >= 0.3 is 0 Å². The van der Waals surface area contributed by atoms with Crippen molar-refractivity contribution in [3.05, 3.63) is 92.9 Å². The zero-order chi connectivity index (χ0) is 21.0. The molecule has 0 saturated heterocycles. The van der Waals surface area contributed by atoms with Gasteiger partial charge in [-0.05, 0) is 23.3 Å². The van der Waals surface area contributed by atoms with E-state index in [1.165, 1.54) is 34.8 Å². The van der Waals surface area contributed by atoms with Gasteiger partial charge in [0.1, 0.15) is 18.3 Å². The van der Waals surface area contributed by atoms with Crippen LogP contribution in [-0.2, 0) is 5.75 Å². The normalized spacial score (nSPS) is 17.5. The summed E-state index contributed by atoms with van der Waals surface area (Å²) in [5.41, 5.74) is 0.748. The van der Waals surface area contributed by atoms with Gasteiger partial charge in [0, 0.05) is 28.5 Å². The summed E-state index contributed by atoms with van der Waals surface area (Å²) in [5.74, 6) is -1.86. The number of amides is 1. The van der Waals surface area contributed by atoms with Gasteiger partial charge in [-0.1, -0.05) is 24.3 Å². The highest BCUT2D eigenvalue weighted by atomic mass is 32.2. The predicted octanol–water partition coefficient (Wildman–Crippen LogP) is 2.87. The van der Waals surface area contributed by atoms with E-state index in [-0.39, 0.29) is 18.1 Å². The number of pyridine rings is 1. The van der Waals surface area contributed by atoms with E-state index >= 15 is 0 Å². The van der Waals surface area contributed by atoms with Gasteiger partial charge in [-0.25, -0.2) is 8.78 Å². The van der Waals surface area contributed by atoms with Crippen molar-refractivity contribution < 1.29 is 18.7 Å². The molecule has 30 heavy (non-hydrogen) atoms. The highest BCUT2D eigenvalue weighted by Gasteiger charge is 2.36. The molecule has 0 radical (unpaired) electrons. The van der Waals surface area contributed by atoms with E-state index < -0.39 is 34.8 Å². The van der Waals surface area contributed by atoms with Crippen LogP contribution in [0.4, 0.5) is 8.78 Å². The molecule has 3 aromatic rings. The van der Waals surface area contributed by atoms with Crippen LogP contribution in [0, 0.1) is 11.6 Å². The van der Waals surface area contributed by atoms with E-state index in [0.717, 1.165) is 6.07 Å². The van der Waals surface area contributed by atoms with Crippen LogP contribution >= 0.6 is 11.8 Å². The van der Waals surface area contributed by atoms with Crippen LogP contribution < -0.4 is 15.8 Å². The average Bonchev–Trinajstić information content (AvgIpc) is 2.90. The zero-order valence-corrected chi connectivity index (χ0v) is 16.2. The standard InChI is InChI=1S/C21H15F2N3O3S/c22-14-5-1-3-11-13(14)9-30-20-12(4-2-6-15(20)23)17(11)26-10-24-21(29)18-19(28)16(27)7-8-25(18)26/h1-8,17,28H,9-10H2,(H,24,29). The van der Waals surface area contributed by atoms with Crippen molar-refractivity contribution in [2.24, 2.45) is 0 Å². The molecular formula is C21H15F2N3O3S. The van der Waals surface area contributed by atoms with Gasteiger partial charge in [0.25, 0.3) is 5.91 Å². The molecule has 1 unspecified atom stereocenters. The topological polar surface area (TPSA) is 74.6 Å². The first-order valence-electron chi connectivity index (χ1n) is 9.15. The molecule has 0 aliphatic carbocycles. The number of hydrogen-bond acceptors (Lipinski definition) is 5. The summed E-state index contributed by atoms with van der Waals surface area (Å²) in [5, 5.41) is 14.5. The van der Waals surface area contributed by atoms with E-state index in [9.17, 15) is 23.5 Å². The number of thioether (sulfide) groups is 1. The fraction of sp³-hybridized carbons (Fsp3) is 0.143. The number of hydrogen-bond donors (Lipinski definition) is 2. The molecule has 1 aromatic heterocycles. The van der Waals surface area contributed by atoms with Crippen molar-refractivity contribution in [1.29, 1.82) is 0 Å². The number of rotatable bonds is 1. The molecule has 1 atom stereocenters. The number of aromatic nitrogens is 1. The van der Waals surface area contributed by atoms with Crippen molar-refractivity contribution in [3.63, 3.8) is 0 Å². The fourth-order valence-corrected chi connectivity index (χ4v) is 5.13. The minimum atomic E-state index is -0.687. The summed E-state index contributed by atoms with van der Waals surface area (Å²) in [6.45, 7) is 0.00931. The number of nitrogens with zero attached hydrogens (tertiary/aromatic N) is 2. The van der Waals surface area contributed by atoms with Gasteiger partial charge in [0.15, 0.2) is 11.4 Å². The van der Waals surface area contributed by atoms with Crippen LogP contribution in [0.3, 0.4) is 0 Å². The maximum Gasteiger partial charge on any atom is 0.275 e. The highest BCUT2D eigenvalue weighted by Crippen LogP contribution is 2.44. The molecule has 1 amide bonds. The van der Waals surface area contributed by atoms with E-state index in [1.54, 1.807) is 29.3 Å². The van der Waals surface area contributed by atoms with Gasteiger partial charge < -0.3 is 10.4 Å². The smallest absolute Gasteiger partial charge is 0.275 e. The SMILES string of the molecule is O=C1NCN(C2c3cccc(F)c3CSc3c(F)cccc32)n2ccc(=O)c(O)c21. The molecule has 6 nitrogen and oxygen atoms in total. The van der Waals surface area contributed by atoms with E-state index in [1.807, 2.05) is 0 Å². The lowest BCUT2D eigenvalue weighted by Crippen LogP contribution is -2.53. The number of carbonyl (C=O) groups is 1. The Morgan fingerprint density at radius 1 is 1.03 bits per heavy atom. The van der Waals surface area contributed by atoms with Crippen molar-refractivity contribution in [3.8, 4) is 5.75 Å². The second-order valence-electron chi connectivity index (χ2n) is 6.98. The first kappa shape index (κ1) is 18.7. The maximum absolute atomic E-state index is 14.7. The number of aromatic hydroxyl groups is 1. The van der Waals surface area contributed by atoms with E-state index in [2.05, 4.69) is 5.32 Å². The summed E-state index contributed by atoms with van der Waals surface area (Å²) in [7, 11) is 0. The van der Waals surface area contributed by atoms with Crippen LogP contribution in [0.25, 0.3) is 0 Å². The van der Waals surface area contributed by atoms with Crippen molar-refractivity contribution in [1.82, 2.24) is 9.99 Å². The summed E-state index contributed by atoms with van der Waals surface area (Å²) in [6.07, 6.45) is 1.38. The Morgan fingerprint density at radius 2 is 1.77 bits per heavy atom. The largest absolute Gasteiger partial charge is 0.502 e.